The molecule has 0 bridgehead atoms. The van der Waals surface area contributed by atoms with E-state index in [0.29, 0.717) is 0 Å². The number of aromatic nitrogens is 1. The molecule has 0 spiro atoms. The highest BCUT2D eigenvalue weighted by molar-refractivity contribution is 5.85. The Morgan fingerprint density at radius 2 is 2.06 bits per heavy atom. The number of halogens is 1. The molecule has 0 aliphatic carbocycles. The zero-order valence-corrected chi connectivity index (χ0v) is 12.7. The van der Waals surface area contributed by atoms with Crippen molar-refractivity contribution in [1.29, 1.82) is 0 Å². The predicted molar refractivity (Wildman–Crippen MR) is 77.8 cm³/mol. The molecule has 5 heteroatoms. The van der Waals surface area contributed by atoms with Crippen molar-refractivity contribution in [1.82, 2.24) is 15.2 Å². The third-order valence-electron chi connectivity index (χ3n) is 2.91. The summed E-state index contributed by atoms with van der Waals surface area (Å²) in [5.74, 6) is 0.956. The van der Waals surface area contributed by atoms with Crippen molar-refractivity contribution < 1.29 is 4.74 Å². The maximum atomic E-state index is 5.41. The van der Waals surface area contributed by atoms with Crippen LogP contribution in [0.25, 0.3) is 0 Å². The van der Waals surface area contributed by atoms with Gasteiger partial charge in [-0.25, -0.2) is 0 Å². The van der Waals surface area contributed by atoms with Crippen LogP contribution in [0.5, 0.6) is 5.75 Å². The summed E-state index contributed by atoms with van der Waals surface area (Å²) in [5.41, 5.74) is 3.32. The molecule has 1 aromatic heterocycles. The fourth-order valence-electron chi connectivity index (χ4n) is 1.87. The number of rotatable bonds is 6. The summed E-state index contributed by atoms with van der Waals surface area (Å²) in [6.07, 6.45) is 1.88. The molecule has 1 heterocycles. The molecule has 0 aliphatic rings. The molecule has 18 heavy (non-hydrogen) atoms. The van der Waals surface area contributed by atoms with Gasteiger partial charge in [0.2, 0.25) is 0 Å². The first-order valence-electron chi connectivity index (χ1n) is 5.92. The van der Waals surface area contributed by atoms with Gasteiger partial charge in [0.1, 0.15) is 5.75 Å². The molecule has 0 atom stereocenters. The van der Waals surface area contributed by atoms with E-state index in [1.165, 1.54) is 0 Å². The van der Waals surface area contributed by atoms with Gasteiger partial charge in [-0.2, -0.15) is 0 Å². The maximum absolute atomic E-state index is 5.41. The number of hydrogen-bond donors (Lipinski definition) is 1. The van der Waals surface area contributed by atoms with E-state index >= 15 is 0 Å². The third kappa shape index (κ3) is 4.44. The average Bonchev–Trinajstić information content (AvgIpc) is 2.31. The molecule has 0 amide bonds. The fraction of sp³-hybridized carbons (Fsp3) is 0.615. The molecule has 0 saturated heterocycles. The van der Waals surface area contributed by atoms with Crippen molar-refractivity contribution in [3.05, 3.63) is 23.0 Å². The maximum Gasteiger partial charge on any atom is 0.128 e. The second-order valence-electron chi connectivity index (χ2n) is 4.39. The van der Waals surface area contributed by atoms with Crippen LogP contribution in [-0.2, 0) is 6.54 Å². The number of aryl methyl sites for hydroxylation is 1. The molecule has 4 nitrogen and oxygen atoms in total. The van der Waals surface area contributed by atoms with Crippen LogP contribution in [0.1, 0.15) is 16.8 Å². The highest BCUT2D eigenvalue weighted by Crippen LogP contribution is 2.24. The van der Waals surface area contributed by atoms with Crippen LogP contribution < -0.4 is 10.1 Å². The lowest BCUT2D eigenvalue weighted by atomic mass is 10.1. The van der Waals surface area contributed by atoms with Crippen LogP contribution in [0.15, 0.2) is 6.20 Å². The molecular formula is C13H24ClN3O. The summed E-state index contributed by atoms with van der Waals surface area (Å²) in [5, 5.41) is 3.14. The quantitative estimate of drug-likeness (QED) is 0.857. The molecule has 0 unspecified atom stereocenters. The van der Waals surface area contributed by atoms with Gasteiger partial charge < -0.3 is 10.1 Å². The van der Waals surface area contributed by atoms with Gasteiger partial charge in [0.25, 0.3) is 0 Å². The number of likely N-dealkylation sites (N-methyl/N-ethyl adjacent to an activating group) is 2. The average molecular weight is 274 g/mol. The Hall–Kier alpha value is -0.840. The lowest BCUT2D eigenvalue weighted by Crippen LogP contribution is -2.27. The van der Waals surface area contributed by atoms with Gasteiger partial charge in [-0.3, -0.25) is 9.88 Å². The van der Waals surface area contributed by atoms with Gasteiger partial charge in [0, 0.05) is 37.0 Å². The molecular weight excluding hydrogens is 250 g/mol. The molecule has 0 saturated carbocycles. The summed E-state index contributed by atoms with van der Waals surface area (Å²) in [7, 11) is 5.78. The van der Waals surface area contributed by atoms with E-state index in [1.54, 1.807) is 7.11 Å². The summed E-state index contributed by atoms with van der Waals surface area (Å²) in [4.78, 5) is 6.74. The topological polar surface area (TPSA) is 37.4 Å². The first-order chi connectivity index (χ1) is 8.10. The van der Waals surface area contributed by atoms with Crippen LogP contribution in [0.3, 0.4) is 0 Å². The van der Waals surface area contributed by atoms with E-state index in [1.807, 2.05) is 20.2 Å². The number of nitrogens with zero attached hydrogens (tertiary/aromatic N) is 2. The monoisotopic (exact) mass is 273 g/mol. The SMILES string of the molecule is CNCCN(C)Cc1ncc(C)c(OC)c1C.Cl. The Balaban J connectivity index is 0.00000289. The van der Waals surface area contributed by atoms with E-state index < -0.39 is 0 Å². The molecule has 1 rings (SSSR count). The number of nitrogens with one attached hydrogen (secondary N) is 1. The highest BCUT2D eigenvalue weighted by atomic mass is 35.5. The minimum atomic E-state index is 0. The molecule has 0 aliphatic heterocycles. The lowest BCUT2D eigenvalue weighted by molar-refractivity contribution is 0.321. The van der Waals surface area contributed by atoms with Gasteiger partial charge in [-0.1, -0.05) is 0 Å². The van der Waals surface area contributed by atoms with E-state index in [0.717, 1.165) is 42.2 Å². The summed E-state index contributed by atoms with van der Waals surface area (Å²) in [6, 6.07) is 0. The van der Waals surface area contributed by atoms with Crippen LogP contribution in [0.2, 0.25) is 0 Å². The molecule has 1 aromatic rings. The second-order valence-corrected chi connectivity index (χ2v) is 4.39. The zero-order valence-electron chi connectivity index (χ0n) is 11.9. The minimum Gasteiger partial charge on any atom is -0.496 e. The van der Waals surface area contributed by atoms with Gasteiger partial charge in [0.05, 0.1) is 12.8 Å². The van der Waals surface area contributed by atoms with Gasteiger partial charge in [0.15, 0.2) is 0 Å². The van der Waals surface area contributed by atoms with Crippen LogP contribution in [0.4, 0.5) is 0 Å². The number of ether oxygens (including phenoxy) is 1. The molecule has 0 aromatic carbocycles. The number of pyridine rings is 1. The van der Waals surface area contributed by atoms with Gasteiger partial charge >= 0.3 is 0 Å². The van der Waals surface area contributed by atoms with Crippen molar-refractivity contribution in [3.8, 4) is 5.75 Å². The van der Waals surface area contributed by atoms with E-state index in [9.17, 15) is 0 Å². The van der Waals surface area contributed by atoms with Crippen LogP contribution in [-0.4, -0.2) is 44.2 Å². The Morgan fingerprint density at radius 3 is 2.61 bits per heavy atom. The number of methoxy groups -OCH3 is 1. The van der Waals surface area contributed by atoms with E-state index in [4.69, 9.17) is 4.74 Å². The Kier molecular flexibility index (Phi) is 7.91. The lowest BCUT2D eigenvalue weighted by Gasteiger charge is -2.18. The Bertz CT molecular complexity index is 371. The zero-order chi connectivity index (χ0) is 12.8. The third-order valence-corrected chi connectivity index (χ3v) is 2.91. The minimum absolute atomic E-state index is 0. The standard InChI is InChI=1S/C13H23N3O.ClH/c1-10-8-15-12(11(2)13(10)17-5)9-16(4)7-6-14-3;/h8,14H,6-7,9H2,1-5H3;1H. The van der Waals surface area contributed by atoms with Crippen LogP contribution in [0, 0.1) is 13.8 Å². The molecule has 104 valence electrons. The normalized spacial score (nSPS) is 10.3. The summed E-state index contributed by atoms with van der Waals surface area (Å²) < 4.78 is 5.41. The predicted octanol–water partition coefficient (Wildman–Crippen LogP) is 1.78. The van der Waals surface area contributed by atoms with Crippen LogP contribution >= 0.6 is 12.4 Å². The highest BCUT2D eigenvalue weighted by Gasteiger charge is 2.10. The smallest absolute Gasteiger partial charge is 0.128 e. The molecule has 0 radical (unpaired) electrons. The fourth-order valence-corrected chi connectivity index (χ4v) is 1.87. The van der Waals surface area contributed by atoms with Crippen molar-refractivity contribution in [3.63, 3.8) is 0 Å². The molecule has 1 N–H and O–H groups in total. The number of hydrogen-bond acceptors (Lipinski definition) is 4. The van der Waals surface area contributed by atoms with Gasteiger partial charge in [-0.05, 0) is 27.9 Å². The van der Waals surface area contributed by atoms with Gasteiger partial charge in [-0.15, -0.1) is 12.4 Å². The Labute approximate surface area is 116 Å². The van der Waals surface area contributed by atoms with Crippen molar-refractivity contribution in [2.75, 3.05) is 34.3 Å². The van der Waals surface area contributed by atoms with E-state index in [-0.39, 0.29) is 12.4 Å². The molecule has 0 fully saturated rings. The first kappa shape index (κ1) is 17.2. The van der Waals surface area contributed by atoms with Crippen molar-refractivity contribution in [2.24, 2.45) is 0 Å². The van der Waals surface area contributed by atoms with Crippen molar-refractivity contribution >= 4 is 12.4 Å². The van der Waals surface area contributed by atoms with Crippen molar-refractivity contribution in [2.45, 2.75) is 20.4 Å². The Morgan fingerprint density at radius 1 is 1.39 bits per heavy atom. The second kappa shape index (κ2) is 8.29. The first-order valence-corrected chi connectivity index (χ1v) is 5.92. The summed E-state index contributed by atoms with van der Waals surface area (Å²) >= 11 is 0. The van der Waals surface area contributed by atoms with E-state index in [2.05, 4.69) is 29.2 Å². The largest absolute Gasteiger partial charge is 0.496 e. The summed E-state index contributed by atoms with van der Waals surface area (Å²) in [6.45, 7) is 6.93.